The van der Waals surface area contributed by atoms with Crippen molar-refractivity contribution in [2.45, 2.75) is 63.2 Å². The molecule has 14 heteroatoms. The molecule has 1 aliphatic heterocycles. The van der Waals surface area contributed by atoms with Crippen molar-refractivity contribution < 1.29 is 40.3 Å². The van der Waals surface area contributed by atoms with Gasteiger partial charge < -0.3 is 10.6 Å². The fraction of sp³-hybridized carbons (Fsp3) is 0.294. The predicted octanol–water partition coefficient (Wildman–Crippen LogP) is 7.38. The summed E-state index contributed by atoms with van der Waals surface area (Å²) in [6, 6.07) is 10.1. The molecule has 4 aromatic rings. The van der Waals surface area contributed by atoms with E-state index < -0.39 is 77.9 Å². The van der Waals surface area contributed by atoms with Crippen LogP contribution in [0.15, 0.2) is 66.9 Å². The van der Waals surface area contributed by atoms with Crippen LogP contribution in [0.4, 0.5) is 36.4 Å². The van der Waals surface area contributed by atoms with E-state index in [9.17, 15) is 27.2 Å². The Bertz CT molecular complexity index is 1940. The minimum Gasteiger partial charge on any atom is -0.346 e. The second-order valence-electron chi connectivity index (χ2n) is 12.0. The van der Waals surface area contributed by atoms with Crippen LogP contribution in [-0.2, 0) is 40.6 Å². The van der Waals surface area contributed by atoms with Gasteiger partial charge in [0, 0.05) is 29.9 Å². The van der Waals surface area contributed by atoms with Crippen molar-refractivity contribution in [1.82, 2.24) is 20.1 Å². The van der Waals surface area contributed by atoms with Crippen molar-refractivity contribution in [2.24, 2.45) is 0 Å². The summed E-state index contributed by atoms with van der Waals surface area (Å²) in [5.41, 5.74) is -3.59. The van der Waals surface area contributed by atoms with Crippen LogP contribution in [0.1, 0.15) is 66.0 Å². The second kappa shape index (κ2) is 12.2. The average Bonchev–Trinajstić information content (AvgIpc) is 3.59. The van der Waals surface area contributed by atoms with Crippen molar-refractivity contribution >= 4 is 17.5 Å². The minimum atomic E-state index is -3.84. The highest BCUT2D eigenvalue weighted by molar-refractivity contribution is 5.99. The molecule has 250 valence electrons. The first kappa shape index (κ1) is 32.9. The zero-order valence-corrected chi connectivity index (χ0v) is 25.4. The first-order valence-corrected chi connectivity index (χ1v) is 14.9. The second-order valence-corrected chi connectivity index (χ2v) is 12.0. The minimum absolute atomic E-state index is 0.124. The molecule has 48 heavy (non-hydrogen) atoms. The maximum atomic E-state index is 16.3. The molecule has 2 amide bonds. The topological polar surface area (TPSA) is 88.9 Å². The third-order valence-corrected chi connectivity index (χ3v) is 8.59. The third-order valence-electron chi connectivity index (χ3n) is 8.59. The number of hydrogen-bond acceptors (Lipinski definition) is 4. The molecule has 2 N–H and O–H groups in total. The molecule has 2 aromatic heterocycles. The molecular formula is C34H28F7N5O2. The van der Waals surface area contributed by atoms with Crippen LogP contribution < -0.4 is 10.6 Å². The standard InChI is InChI=1S/C34H28F7N5O2/c1-17(2)33(39)7-8-34(40,41)28-30(32(37)38)45-46(31(28)33)16-27(48)44-25(12-18-10-21(35)15-22(36)11-18)29-23(4-3-9-42-29)19-5-6-24-20(13-19)14-26(47)43-24/h3-6,9-11,13,15,25,32H,1,7-8,12,14,16H2,2H3,(H,43,47)(H,44,48). The number of carbonyl (C=O) groups is 2. The molecule has 0 fully saturated rings. The SMILES string of the molecule is C=C(C)C1(F)CCC(F)(F)c2c(C(F)F)nn(CC(=O)NC(Cc3cc(F)cc(F)c3)c3ncccc3-c3ccc4c(c3)CC(=O)N4)c21. The van der Waals surface area contributed by atoms with E-state index in [0.29, 0.717) is 33.1 Å². The molecule has 0 bridgehead atoms. The van der Waals surface area contributed by atoms with Crippen molar-refractivity contribution in [3.63, 3.8) is 0 Å². The highest BCUT2D eigenvalue weighted by Crippen LogP contribution is 2.54. The summed E-state index contributed by atoms with van der Waals surface area (Å²) in [7, 11) is 0. The van der Waals surface area contributed by atoms with Crippen LogP contribution >= 0.6 is 0 Å². The van der Waals surface area contributed by atoms with Gasteiger partial charge in [-0.25, -0.2) is 30.7 Å². The first-order valence-electron chi connectivity index (χ1n) is 14.9. The third kappa shape index (κ3) is 6.06. The first-order chi connectivity index (χ1) is 22.7. The molecular weight excluding hydrogens is 643 g/mol. The Labute approximate surface area is 269 Å². The van der Waals surface area contributed by atoms with Gasteiger partial charge in [-0.05, 0) is 72.4 Å². The number of rotatable bonds is 9. The number of hydrogen-bond donors (Lipinski definition) is 2. The molecule has 0 spiro atoms. The van der Waals surface area contributed by atoms with E-state index in [1.54, 1.807) is 30.3 Å². The summed E-state index contributed by atoms with van der Waals surface area (Å²) in [4.78, 5) is 30.0. The number of anilines is 1. The molecule has 7 nitrogen and oxygen atoms in total. The van der Waals surface area contributed by atoms with Gasteiger partial charge in [-0.3, -0.25) is 19.3 Å². The number of nitrogens with one attached hydrogen (secondary N) is 2. The van der Waals surface area contributed by atoms with Crippen LogP contribution in [-0.4, -0.2) is 26.6 Å². The molecule has 1 aliphatic carbocycles. The van der Waals surface area contributed by atoms with E-state index in [-0.39, 0.29) is 35.6 Å². The number of benzene rings is 2. The van der Waals surface area contributed by atoms with Crippen molar-refractivity contribution in [3.05, 3.63) is 112 Å². The largest absolute Gasteiger partial charge is 0.346 e. The molecule has 6 rings (SSSR count). The quantitative estimate of drug-likeness (QED) is 0.144. The number of alkyl halides is 5. The van der Waals surface area contributed by atoms with Crippen molar-refractivity contribution in [3.8, 4) is 11.1 Å². The molecule has 0 saturated heterocycles. The maximum absolute atomic E-state index is 16.3. The summed E-state index contributed by atoms with van der Waals surface area (Å²) in [6.45, 7) is 3.82. The lowest BCUT2D eigenvalue weighted by atomic mass is 9.78. The highest BCUT2D eigenvalue weighted by atomic mass is 19.3. The smallest absolute Gasteiger partial charge is 0.282 e. The number of fused-ring (bicyclic) bond motifs is 2. The Kier molecular flexibility index (Phi) is 8.38. The summed E-state index contributed by atoms with van der Waals surface area (Å²) in [6.07, 6.45) is -3.99. The maximum Gasteiger partial charge on any atom is 0.282 e. The Morgan fingerprint density at radius 1 is 1.06 bits per heavy atom. The van der Waals surface area contributed by atoms with Crippen LogP contribution in [0.5, 0.6) is 0 Å². The molecule has 0 radical (unpaired) electrons. The number of aromatic nitrogens is 3. The zero-order chi connectivity index (χ0) is 34.5. The average molecular weight is 672 g/mol. The van der Waals surface area contributed by atoms with Crippen LogP contribution in [0.25, 0.3) is 11.1 Å². The number of nitrogens with zero attached hydrogens (tertiary/aromatic N) is 3. The number of pyridine rings is 1. The number of carbonyl (C=O) groups excluding carboxylic acids is 2. The molecule has 2 unspecified atom stereocenters. The summed E-state index contributed by atoms with van der Waals surface area (Å²) in [5, 5.41) is 9.00. The molecule has 2 aliphatic rings. The number of amides is 2. The normalized spacial score (nSPS) is 18.6. The lowest BCUT2D eigenvalue weighted by Crippen LogP contribution is -2.38. The van der Waals surface area contributed by atoms with Crippen LogP contribution in [0, 0.1) is 11.6 Å². The van der Waals surface area contributed by atoms with Crippen molar-refractivity contribution in [1.29, 1.82) is 0 Å². The fourth-order valence-electron chi connectivity index (χ4n) is 6.39. The van der Waals surface area contributed by atoms with E-state index in [0.717, 1.165) is 12.1 Å². The fourth-order valence-corrected chi connectivity index (χ4v) is 6.39. The zero-order valence-electron chi connectivity index (χ0n) is 25.4. The van der Waals surface area contributed by atoms with Gasteiger partial charge in [-0.15, -0.1) is 0 Å². The molecule has 0 saturated carbocycles. The Morgan fingerprint density at radius 2 is 1.79 bits per heavy atom. The van der Waals surface area contributed by atoms with Gasteiger partial charge in [-0.1, -0.05) is 18.7 Å². The number of allylic oxidation sites excluding steroid dienone is 1. The predicted molar refractivity (Wildman–Crippen MR) is 161 cm³/mol. The van der Waals surface area contributed by atoms with E-state index >= 15 is 13.2 Å². The monoisotopic (exact) mass is 671 g/mol. The summed E-state index contributed by atoms with van der Waals surface area (Å²) in [5.74, 6) is -6.75. The van der Waals surface area contributed by atoms with Gasteiger partial charge >= 0.3 is 0 Å². The highest BCUT2D eigenvalue weighted by Gasteiger charge is 2.54. The van der Waals surface area contributed by atoms with E-state index in [1.165, 1.54) is 13.1 Å². The lowest BCUT2D eigenvalue weighted by molar-refractivity contribution is -0.123. The van der Waals surface area contributed by atoms with Gasteiger partial charge in [0.15, 0.2) is 5.67 Å². The van der Waals surface area contributed by atoms with E-state index in [1.807, 2.05) is 0 Å². The Morgan fingerprint density at radius 3 is 2.48 bits per heavy atom. The van der Waals surface area contributed by atoms with Crippen molar-refractivity contribution in [2.75, 3.05) is 5.32 Å². The van der Waals surface area contributed by atoms with Gasteiger partial charge in [0.1, 0.15) is 23.9 Å². The summed E-state index contributed by atoms with van der Waals surface area (Å²) >= 11 is 0. The van der Waals surface area contributed by atoms with Crippen LogP contribution in [0.2, 0.25) is 0 Å². The van der Waals surface area contributed by atoms with Gasteiger partial charge in [0.05, 0.1) is 29.4 Å². The summed E-state index contributed by atoms with van der Waals surface area (Å²) < 4.78 is 103. The number of halogens is 7. The Balaban J connectivity index is 1.40. The van der Waals surface area contributed by atoms with E-state index in [4.69, 9.17) is 0 Å². The van der Waals surface area contributed by atoms with Gasteiger partial charge in [-0.2, -0.15) is 5.10 Å². The van der Waals surface area contributed by atoms with Gasteiger partial charge in [0.25, 0.3) is 12.3 Å². The molecule has 2 atom stereocenters. The van der Waals surface area contributed by atoms with Crippen LogP contribution in [0.3, 0.4) is 0 Å². The lowest BCUT2D eigenvalue weighted by Gasteiger charge is -2.35. The molecule has 2 aromatic carbocycles. The molecule has 3 heterocycles. The van der Waals surface area contributed by atoms with Gasteiger partial charge in [0.2, 0.25) is 11.8 Å². The van der Waals surface area contributed by atoms with E-state index in [2.05, 4.69) is 27.3 Å². The Hall–Kier alpha value is -5.01.